The Hall–Kier alpha value is -2.90. The van der Waals surface area contributed by atoms with Crippen molar-refractivity contribution in [3.8, 4) is 0 Å². The van der Waals surface area contributed by atoms with Gasteiger partial charge in [0.25, 0.3) is 0 Å². The molecule has 47 heavy (non-hydrogen) atoms. The van der Waals surface area contributed by atoms with Gasteiger partial charge in [-0.3, -0.25) is 43.5 Å². The molecule has 16 nitrogen and oxygen atoms in total. The first kappa shape index (κ1) is 44.1. The fourth-order valence-corrected chi connectivity index (χ4v) is 6.52. The largest absolute Gasteiger partial charge is 0.512 e. The maximum atomic E-state index is 13.1. The number of nitrogens with one attached hydrogen (secondary N) is 4. The lowest BCUT2D eigenvalue weighted by Crippen LogP contribution is -2.52. The Labute approximate surface area is 285 Å². The van der Waals surface area contributed by atoms with E-state index >= 15 is 0 Å². The smallest absolute Gasteiger partial charge is 0.317 e. The van der Waals surface area contributed by atoms with E-state index in [-0.39, 0.29) is 75.6 Å². The quantitative estimate of drug-likeness (QED) is 0.0288. The van der Waals surface area contributed by atoms with E-state index in [1.807, 2.05) is 13.8 Å². The minimum Gasteiger partial charge on any atom is -0.512 e. The number of carbonyl (C=O) groups is 6. The molecule has 0 rings (SSSR count). The van der Waals surface area contributed by atoms with Gasteiger partial charge in [-0.2, -0.15) is 0 Å². The molecular formula is C29H53N7O9S2. The van der Waals surface area contributed by atoms with Crippen LogP contribution in [-0.2, 0) is 28.8 Å². The van der Waals surface area contributed by atoms with Crippen LogP contribution in [0.3, 0.4) is 0 Å². The predicted octanol–water partition coefficient (Wildman–Crippen LogP) is -0.771. The first-order valence-corrected chi connectivity index (χ1v) is 17.9. The molecule has 0 aromatic rings. The Morgan fingerprint density at radius 1 is 0.681 bits per heavy atom. The summed E-state index contributed by atoms with van der Waals surface area (Å²) in [5.41, 5.74) is 0. The molecule has 0 aliphatic rings. The Bertz CT molecular complexity index is 1010. The molecule has 0 aromatic carbocycles. The van der Waals surface area contributed by atoms with Crippen molar-refractivity contribution >= 4 is 57.0 Å². The Morgan fingerprint density at radius 3 is 1.57 bits per heavy atom. The summed E-state index contributed by atoms with van der Waals surface area (Å²) in [6.45, 7) is 9.00. The van der Waals surface area contributed by atoms with Gasteiger partial charge in [-0.1, -0.05) is 42.0 Å². The van der Waals surface area contributed by atoms with Crippen LogP contribution >= 0.6 is 21.6 Å². The van der Waals surface area contributed by atoms with Gasteiger partial charge < -0.3 is 36.6 Å². The summed E-state index contributed by atoms with van der Waals surface area (Å²) in [5.74, 6) is -3.08. The number of aliphatic hydroxyl groups excluding tert-OH is 1. The SMILES string of the molecule is C=C(O)CN(CCN(CCN(CC(=O)O)CC(=O)NC(CSSCC(NC)C(=O)NCCC)C(=O)NCCC)CC(=O)O)CC(C)=O. The van der Waals surface area contributed by atoms with Crippen molar-refractivity contribution in [2.45, 2.75) is 45.7 Å². The van der Waals surface area contributed by atoms with Gasteiger partial charge in [-0.05, 0) is 26.8 Å². The van der Waals surface area contributed by atoms with Crippen molar-refractivity contribution in [1.29, 1.82) is 0 Å². The zero-order valence-electron chi connectivity index (χ0n) is 27.9. The van der Waals surface area contributed by atoms with Crippen LogP contribution in [0.4, 0.5) is 0 Å². The number of ketones is 1. The Morgan fingerprint density at radius 2 is 1.13 bits per heavy atom. The van der Waals surface area contributed by atoms with Crippen LogP contribution < -0.4 is 21.3 Å². The molecule has 7 N–H and O–H groups in total. The molecule has 0 aromatic heterocycles. The number of Topliss-reactive ketones (excluding diaryl/α,β-unsaturated/α-hetero) is 1. The molecule has 0 aliphatic heterocycles. The van der Waals surface area contributed by atoms with Crippen molar-refractivity contribution in [3.05, 3.63) is 12.3 Å². The van der Waals surface area contributed by atoms with Gasteiger partial charge in [0.2, 0.25) is 17.7 Å². The lowest BCUT2D eigenvalue weighted by molar-refractivity contribution is -0.140. The molecule has 18 heteroatoms. The maximum absolute atomic E-state index is 13.1. The van der Waals surface area contributed by atoms with E-state index in [0.29, 0.717) is 25.3 Å². The number of carbonyl (C=O) groups excluding carboxylic acids is 4. The van der Waals surface area contributed by atoms with Crippen LogP contribution in [0.15, 0.2) is 12.3 Å². The highest BCUT2D eigenvalue weighted by Gasteiger charge is 2.24. The van der Waals surface area contributed by atoms with Gasteiger partial charge in [0.1, 0.15) is 11.8 Å². The predicted molar refractivity (Wildman–Crippen MR) is 183 cm³/mol. The standard InChI is InChI=1S/C29H53N7O9S2/c1-6-8-31-28(44)23(30-5)19-46-47-20-24(29(45)32-9-7-2)33-25(39)16-36(18-27(42)43)13-11-34(17-26(40)41)10-12-35(14-21(3)37)15-22(4)38/h23-24,30,37H,3,6-20H2,1-2,4-5H3,(H,31,44)(H,32,45)(H,33,39)(H,40,41)(H,42,43). The van der Waals surface area contributed by atoms with Gasteiger partial charge in [-0.15, -0.1) is 0 Å². The van der Waals surface area contributed by atoms with Gasteiger partial charge >= 0.3 is 11.9 Å². The molecule has 270 valence electrons. The Balaban J connectivity index is 5.41. The molecule has 2 unspecified atom stereocenters. The maximum Gasteiger partial charge on any atom is 0.317 e. The highest BCUT2D eigenvalue weighted by Crippen LogP contribution is 2.23. The van der Waals surface area contributed by atoms with Crippen LogP contribution in [0.25, 0.3) is 0 Å². The number of aliphatic hydroxyl groups is 1. The third kappa shape index (κ3) is 23.1. The monoisotopic (exact) mass is 707 g/mol. The highest BCUT2D eigenvalue weighted by molar-refractivity contribution is 8.76. The van der Waals surface area contributed by atoms with Crippen molar-refractivity contribution in [3.63, 3.8) is 0 Å². The van der Waals surface area contributed by atoms with Crippen LogP contribution in [0.1, 0.15) is 33.6 Å². The molecule has 0 saturated heterocycles. The number of hydrogen-bond acceptors (Lipinski definition) is 13. The average molecular weight is 708 g/mol. The minimum atomic E-state index is -1.19. The van der Waals surface area contributed by atoms with Gasteiger partial charge in [0.05, 0.1) is 44.5 Å². The summed E-state index contributed by atoms with van der Waals surface area (Å²) in [6.07, 6.45) is 1.50. The van der Waals surface area contributed by atoms with E-state index in [4.69, 9.17) is 0 Å². The first-order valence-electron chi connectivity index (χ1n) is 15.4. The second-order valence-electron chi connectivity index (χ2n) is 10.9. The molecular weight excluding hydrogens is 654 g/mol. The summed E-state index contributed by atoms with van der Waals surface area (Å²) in [4.78, 5) is 77.4. The number of aliphatic carboxylic acids is 2. The van der Waals surface area contributed by atoms with Crippen LogP contribution in [0.2, 0.25) is 0 Å². The van der Waals surface area contributed by atoms with E-state index in [1.165, 1.54) is 38.3 Å². The third-order valence-corrected chi connectivity index (χ3v) is 8.79. The molecule has 0 saturated carbocycles. The summed E-state index contributed by atoms with van der Waals surface area (Å²) < 4.78 is 0. The summed E-state index contributed by atoms with van der Waals surface area (Å²) >= 11 is 0. The highest BCUT2D eigenvalue weighted by atomic mass is 33.1. The van der Waals surface area contributed by atoms with E-state index in [2.05, 4.69) is 27.8 Å². The van der Waals surface area contributed by atoms with Crippen LogP contribution in [0.5, 0.6) is 0 Å². The topological polar surface area (TPSA) is 221 Å². The number of likely N-dealkylation sites (N-methyl/N-ethyl adjacent to an activating group) is 1. The first-order chi connectivity index (χ1) is 22.2. The number of carboxylic acids is 2. The molecule has 0 radical (unpaired) electrons. The van der Waals surface area contributed by atoms with Gasteiger partial charge in [0, 0.05) is 50.8 Å². The normalized spacial score (nSPS) is 12.5. The zero-order chi connectivity index (χ0) is 35.8. The number of carboxylic acid groups (broad SMARTS) is 2. The number of amides is 3. The van der Waals surface area contributed by atoms with E-state index in [9.17, 15) is 44.1 Å². The lowest BCUT2D eigenvalue weighted by Gasteiger charge is -2.28. The molecule has 0 heterocycles. The zero-order valence-corrected chi connectivity index (χ0v) is 29.6. The molecule has 2 atom stereocenters. The van der Waals surface area contributed by atoms with Gasteiger partial charge in [0.15, 0.2) is 0 Å². The second kappa shape index (κ2) is 26.1. The number of hydrogen-bond donors (Lipinski definition) is 7. The fourth-order valence-electron chi connectivity index (χ4n) is 4.11. The number of nitrogens with zero attached hydrogens (tertiary/aromatic N) is 3. The molecule has 0 aliphatic carbocycles. The van der Waals surface area contributed by atoms with Crippen molar-refractivity contribution in [2.24, 2.45) is 0 Å². The van der Waals surface area contributed by atoms with Crippen LogP contribution in [-0.4, -0.2) is 168 Å². The van der Waals surface area contributed by atoms with Gasteiger partial charge in [-0.25, -0.2) is 0 Å². The van der Waals surface area contributed by atoms with E-state index in [1.54, 1.807) is 11.9 Å². The second-order valence-corrected chi connectivity index (χ2v) is 13.4. The molecule has 0 spiro atoms. The minimum absolute atomic E-state index is 0.0230. The summed E-state index contributed by atoms with van der Waals surface area (Å²) in [6, 6.07) is -1.35. The third-order valence-electron chi connectivity index (χ3n) is 6.37. The van der Waals surface area contributed by atoms with E-state index in [0.717, 1.165) is 6.42 Å². The van der Waals surface area contributed by atoms with Crippen molar-refractivity contribution < 1.29 is 44.1 Å². The lowest BCUT2D eigenvalue weighted by atomic mass is 10.3. The van der Waals surface area contributed by atoms with Crippen molar-refractivity contribution in [1.82, 2.24) is 36.0 Å². The fraction of sp³-hybridized carbons (Fsp3) is 0.724. The summed E-state index contributed by atoms with van der Waals surface area (Å²) in [7, 11) is 4.38. The van der Waals surface area contributed by atoms with Crippen LogP contribution in [0, 0.1) is 0 Å². The molecule has 0 bridgehead atoms. The Kier molecular flexibility index (Phi) is 24.5. The molecule has 0 fully saturated rings. The van der Waals surface area contributed by atoms with E-state index < -0.39 is 42.4 Å². The number of rotatable bonds is 29. The van der Waals surface area contributed by atoms with Crippen molar-refractivity contribution in [2.75, 3.05) is 90.5 Å². The average Bonchev–Trinajstić information content (AvgIpc) is 2.97. The summed E-state index contributed by atoms with van der Waals surface area (Å²) in [5, 5.41) is 39.7. The molecule has 3 amide bonds.